The van der Waals surface area contributed by atoms with Crippen molar-refractivity contribution in [2.24, 2.45) is 0 Å². The highest BCUT2D eigenvalue weighted by Crippen LogP contribution is 2.32. The predicted octanol–water partition coefficient (Wildman–Crippen LogP) is 3.58. The standard InChI is InChI=1S/C17H22N4O/c1-3-21-16(9-10-18-21)15-8-5-11-20(15)17(22)19-14-7-4-6-13(2)12-14/h4,6-7,9-10,12,15H,3,5,8,11H2,1-2H3,(H,19,22)/t15-/m0/s1. The number of rotatable bonds is 3. The number of urea groups is 1. The van der Waals surface area contributed by atoms with Gasteiger partial charge in [0.05, 0.1) is 11.7 Å². The second kappa shape index (κ2) is 6.22. The van der Waals surface area contributed by atoms with Crippen LogP contribution in [0.25, 0.3) is 0 Å². The number of hydrogen-bond donors (Lipinski definition) is 1. The number of likely N-dealkylation sites (tertiary alicyclic amines) is 1. The molecule has 0 radical (unpaired) electrons. The molecule has 0 saturated carbocycles. The zero-order chi connectivity index (χ0) is 15.5. The van der Waals surface area contributed by atoms with Crippen LogP contribution in [-0.2, 0) is 6.54 Å². The fraction of sp³-hybridized carbons (Fsp3) is 0.412. The number of anilines is 1. The molecule has 1 aliphatic heterocycles. The van der Waals surface area contributed by atoms with Gasteiger partial charge in [-0.2, -0.15) is 5.10 Å². The fourth-order valence-corrected chi connectivity index (χ4v) is 3.13. The molecular weight excluding hydrogens is 276 g/mol. The molecule has 2 amide bonds. The van der Waals surface area contributed by atoms with Crippen LogP contribution in [0.2, 0.25) is 0 Å². The Hall–Kier alpha value is -2.30. The summed E-state index contributed by atoms with van der Waals surface area (Å²) in [5, 5.41) is 7.34. The Kier molecular flexibility index (Phi) is 4.13. The van der Waals surface area contributed by atoms with Gasteiger partial charge in [0.15, 0.2) is 0 Å². The molecule has 1 fully saturated rings. The van der Waals surface area contributed by atoms with Crippen LogP contribution in [0.4, 0.5) is 10.5 Å². The molecule has 1 aromatic heterocycles. The average molecular weight is 298 g/mol. The first kappa shape index (κ1) is 14.6. The van der Waals surface area contributed by atoms with Crippen molar-refractivity contribution in [2.45, 2.75) is 39.3 Å². The lowest BCUT2D eigenvalue weighted by atomic mass is 10.1. The van der Waals surface area contributed by atoms with E-state index in [4.69, 9.17) is 0 Å². The van der Waals surface area contributed by atoms with Crippen molar-refractivity contribution < 1.29 is 4.79 Å². The molecule has 5 heteroatoms. The van der Waals surface area contributed by atoms with Crippen LogP contribution in [-0.4, -0.2) is 27.3 Å². The number of nitrogens with one attached hydrogen (secondary N) is 1. The summed E-state index contributed by atoms with van der Waals surface area (Å²) in [6, 6.07) is 9.99. The van der Waals surface area contributed by atoms with Crippen LogP contribution in [0.1, 0.15) is 37.1 Å². The maximum Gasteiger partial charge on any atom is 0.322 e. The molecule has 1 aliphatic rings. The maximum atomic E-state index is 12.6. The third-order valence-corrected chi connectivity index (χ3v) is 4.17. The topological polar surface area (TPSA) is 50.2 Å². The van der Waals surface area contributed by atoms with Crippen LogP contribution >= 0.6 is 0 Å². The minimum absolute atomic E-state index is 0.0306. The van der Waals surface area contributed by atoms with E-state index in [0.29, 0.717) is 0 Å². The van der Waals surface area contributed by atoms with Gasteiger partial charge in [-0.15, -0.1) is 0 Å². The van der Waals surface area contributed by atoms with Gasteiger partial charge in [0.25, 0.3) is 0 Å². The summed E-state index contributed by atoms with van der Waals surface area (Å²) < 4.78 is 1.98. The Morgan fingerprint density at radius 3 is 3.05 bits per heavy atom. The molecule has 5 nitrogen and oxygen atoms in total. The minimum atomic E-state index is -0.0306. The lowest BCUT2D eigenvalue weighted by Gasteiger charge is -2.25. The number of carbonyl (C=O) groups is 1. The number of amides is 2. The van der Waals surface area contributed by atoms with Crippen LogP contribution < -0.4 is 5.32 Å². The number of aryl methyl sites for hydroxylation is 2. The maximum absolute atomic E-state index is 12.6. The molecule has 2 heterocycles. The van der Waals surface area contributed by atoms with Crippen molar-refractivity contribution in [3.05, 3.63) is 47.8 Å². The first-order chi connectivity index (χ1) is 10.7. The van der Waals surface area contributed by atoms with E-state index in [1.54, 1.807) is 0 Å². The lowest BCUT2D eigenvalue weighted by Crippen LogP contribution is -2.35. The summed E-state index contributed by atoms with van der Waals surface area (Å²) in [6.07, 6.45) is 3.83. The van der Waals surface area contributed by atoms with Crippen LogP contribution in [0.5, 0.6) is 0 Å². The van der Waals surface area contributed by atoms with Gasteiger partial charge in [0.2, 0.25) is 0 Å². The summed E-state index contributed by atoms with van der Waals surface area (Å²) in [6.45, 7) is 5.71. The molecule has 2 aromatic rings. The number of aromatic nitrogens is 2. The number of carbonyl (C=O) groups excluding carboxylic acids is 1. The van der Waals surface area contributed by atoms with Gasteiger partial charge < -0.3 is 10.2 Å². The molecule has 1 atom stereocenters. The molecule has 0 spiro atoms. The highest BCUT2D eigenvalue weighted by Gasteiger charge is 2.32. The highest BCUT2D eigenvalue weighted by atomic mass is 16.2. The van der Waals surface area contributed by atoms with E-state index in [1.807, 2.05) is 53.0 Å². The van der Waals surface area contributed by atoms with Gasteiger partial charge >= 0.3 is 6.03 Å². The Labute approximate surface area is 130 Å². The van der Waals surface area contributed by atoms with Gasteiger partial charge in [-0.25, -0.2) is 4.79 Å². The van der Waals surface area contributed by atoms with Gasteiger partial charge in [-0.1, -0.05) is 12.1 Å². The van der Waals surface area contributed by atoms with Gasteiger partial charge in [-0.05, 0) is 50.5 Å². The number of nitrogens with zero attached hydrogens (tertiary/aromatic N) is 3. The fourth-order valence-electron chi connectivity index (χ4n) is 3.13. The number of hydrogen-bond acceptors (Lipinski definition) is 2. The van der Waals surface area contributed by atoms with E-state index in [0.717, 1.165) is 42.9 Å². The summed E-state index contributed by atoms with van der Waals surface area (Å²) in [7, 11) is 0. The van der Waals surface area contributed by atoms with E-state index in [9.17, 15) is 4.79 Å². The van der Waals surface area contributed by atoms with E-state index >= 15 is 0 Å². The molecular formula is C17H22N4O. The quantitative estimate of drug-likeness (QED) is 0.941. The molecule has 3 rings (SSSR count). The third kappa shape index (κ3) is 2.84. The first-order valence-corrected chi connectivity index (χ1v) is 7.85. The zero-order valence-electron chi connectivity index (χ0n) is 13.1. The van der Waals surface area contributed by atoms with E-state index < -0.39 is 0 Å². The Bertz CT molecular complexity index is 664. The van der Waals surface area contributed by atoms with Crippen LogP contribution in [0, 0.1) is 6.92 Å². The molecule has 22 heavy (non-hydrogen) atoms. The van der Waals surface area contributed by atoms with Crippen molar-refractivity contribution in [3.8, 4) is 0 Å². The van der Waals surface area contributed by atoms with Crippen molar-refractivity contribution in [1.29, 1.82) is 0 Å². The Morgan fingerprint density at radius 1 is 1.41 bits per heavy atom. The number of benzene rings is 1. The second-order valence-electron chi connectivity index (χ2n) is 5.72. The largest absolute Gasteiger partial charge is 0.322 e. The Balaban J connectivity index is 1.77. The summed E-state index contributed by atoms with van der Waals surface area (Å²) in [4.78, 5) is 14.5. The van der Waals surface area contributed by atoms with E-state index in [2.05, 4.69) is 17.3 Å². The van der Waals surface area contributed by atoms with Crippen LogP contribution in [0.15, 0.2) is 36.5 Å². The first-order valence-electron chi connectivity index (χ1n) is 7.85. The predicted molar refractivity (Wildman–Crippen MR) is 86.8 cm³/mol. The summed E-state index contributed by atoms with van der Waals surface area (Å²) in [5.74, 6) is 0. The molecule has 1 N–H and O–H groups in total. The van der Waals surface area contributed by atoms with Crippen molar-refractivity contribution in [1.82, 2.24) is 14.7 Å². The third-order valence-electron chi connectivity index (χ3n) is 4.17. The SMILES string of the molecule is CCn1nccc1[C@@H]1CCCN1C(=O)Nc1cccc(C)c1. The smallest absolute Gasteiger partial charge is 0.316 e. The zero-order valence-corrected chi connectivity index (χ0v) is 13.1. The van der Waals surface area contributed by atoms with E-state index in [1.165, 1.54) is 0 Å². The lowest BCUT2D eigenvalue weighted by molar-refractivity contribution is 0.204. The minimum Gasteiger partial charge on any atom is -0.316 e. The molecule has 1 saturated heterocycles. The molecule has 0 bridgehead atoms. The highest BCUT2D eigenvalue weighted by molar-refractivity contribution is 5.89. The van der Waals surface area contributed by atoms with Gasteiger partial charge in [0.1, 0.15) is 0 Å². The monoisotopic (exact) mass is 298 g/mol. The van der Waals surface area contributed by atoms with E-state index in [-0.39, 0.29) is 12.1 Å². The molecule has 0 unspecified atom stereocenters. The average Bonchev–Trinajstić information content (AvgIpc) is 3.15. The molecule has 1 aromatic carbocycles. The van der Waals surface area contributed by atoms with Gasteiger partial charge in [0, 0.05) is 25.0 Å². The van der Waals surface area contributed by atoms with Crippen molar-refractivity contribution in [2.75, 3.05) is 11.9 Å². The molecule has 0 aliphatic carbocycles. The van der Waals surface area contributed by atoms with Crippen molar-refractivity contribution in [3.63, 3.8) is 0 Å². The van der Waals surface area contributed by atoms with Crippen molar-refractivity contribution >= 4 is 11.7 Å². The Morgan fingerprint density at radius 2 is 2.27 bits per heavy atom. The summed E-state index contributed by atoms with van der Waals surface area (Å²) in [5.41, 5.74) is 3.11. The normalized spacial score (nSPS) is 17.7. The second-order valence-corrected chi connectivity index (χ2v) is 5.72. The molecule has 116 valence electrons. The van der Waals surface area contributed by atoms with Gasteiger partial charge in [-0.3, -0.25) is 4.68 Å². The summed E-state index contributed by atoms with van der Waals surface area (Å²) >= 11 is 0. The van der Waals surface area contributed by atoms with Crippen LogP contribution in [0.3, 0.4) is 0 Å².